The SMILES string of the molecule is Nc1c(O)cccc1OC1CCOC2(CCOCC2)C1. The van der Waals surface area contributed by atoms with Gasteiger partial charge in [-0.3, -0.25) is 0 Å². The molecule has 3 N–H and O–H groups in total. The number of nitrogen functional groups attached to an aromatic ring is 1. The normalized spacial score (nSPS) is 25.5. The van der Waals surface area contributed by atoms with E-state index in [0.717, 1.165) is 38.9 Å². The zero-order valence-corrected chi connectivity index (χ0v) is 11.5. The van der Waals surface area contributed by atoms with Gasteiger partial charge in [0.15, 0.2) is 0 Å². The number of ether oxygens (including phenoxy) is 3. The lowest BCUT2D eigenvalue weighted by Crippen LogP contribution is -2.47. The molecule has 1 spiro atoms. The molecule has 0 aromatic heterocycles. The summed E-state index contributed by atoms with van der Waals surface area (Å²) in [6, 6.07) is 5.10. The van der Waals surface area contributed by atoms with Gasteiger partial charge in [0.05, 0.1) is 12.2 Å². The highest BCUT2D eigenvalue weighted by molar-refractivity contribution is 5.61. The Kier molecular flexibility index (Phi) is 3.72. The van der Waals surface area contributed by atoms with Gasteiger partial charge in [0.25, 0.3) is 0 Å². The molecule has 1 aromatic carbocycles. The van der Waals surface area contributed by atoms with Crippen LogP contribution in [0.15, 0.2) is 18.2 Å². The number of benzene rings is 1. The van der Waals surface area contributed by atoms with Crippen LogP contribution in [0, 0.1) is 0 Å². The molecule has 3 rings (SSSR count). The first kappa shape index (κ1) is 13.5. The average Bonchev–Trinajstić information content (AvgIpc) is 2.45. The summed E-state index contributed by atoms with van der Waals surface area (Å²) in [5.41, 5.74) is 6.04. The maximum absolute atomic E-state index is 9.63. The molecule has 2 fully saturated rings. The van der Waals surface area contributed by atoms with Crippen LogP contribution < -0.4 is 10.5 Å². The maximum Gasteiger partial charge on any atom is 0.146 e. The van der Waals surface area contributed by atoms with Crippen LogP contribution in [0.1, 0.15) is 25.7 Å². The molecule has 0 amide bonds. The Morgan fingerprint density at radius 3 is 2.85 bits per heavy atom. The smallest absolute Gasteiger partial charge is 0.146 e. The maximum atomic E-state index is 9.63. The molecule has 5 nitrogen and oxygen atoms in total. The molecule has 0 radical (unpaired) electrons. The highest BCUT2D eigenvalue weighted by atomic mass is 16.5. The van der Waals surface area contributed by atoms with Crippen molar-refractivity contribution in [2.75, 3.05) is 25.6 Å². The molecule has 0 saturated carbocycles. The summed E-state index contributed by atoms with van der Waals surface area (Å²) in [7, 11) is 0. The van der Waals surface area contributed by atoms with E-state index in [-0.39, 0.29) is 17.5 Å². The Morgan fingerprint density at radius 2 is 2.05 bits per heavy atom. The van der Waals surface area contributed by atoms with Gasteiger partial charge in [-0.25, -0.2) is 0 Å². The van der Waals surface area contributed by atoms with Crippen molar-refractivity contribution in [2.45, 2.75) is 37.4 Å². The van der Waals surface area contributed by atoms with Crippen LogP contribution in [0.4, 0.5) is 5.69 Å². The summed E-state index contributed by atoms with van der Waals surface area (Å²) in [5.74, 6) is 0.620. The van der Waals surface area contributed by atoms with Crippen LogP contribution in [-0.2, 0) is 9.47 Å². The Balaban J connectivity index is 1.69. The van der Waals surface area contributed by atoms with Gasteiger partial charge in [0, 0.05) is 26.1 Å². The third-order valence-corrected chi connectivity index (χ3v) is 4.19. The van der Waals surface area contributed by atoms with E-state index in [1.807, 2.05) is 0 Å². The zero-order valence-electron chi connectivity index (χ0n) is 11.5. The first-order valence-corrected chi connectivity index (χ1v) is 7.14. The minimum atomic E-state index is -0.104. The lowest BCUT2D eigenvalue weighted by atomic mass is 9.85. The molecule has 0 bridgehead atoms. The predicted octanol–water partition coefficient (Wildman–Crippen LogP) is 2.08. The van der Waals surface area contributed by atoms with Crippen LogP contribution in [0.5, 0.6) is 11.5 Å². The van der Waals surface area contributed by atoms with E-state index in [4.69, 9.17) is 19.9 Å². The molecule has 2 aliphatic heterocycles. The molecule has 20 heavy (non-hydrogen) atoms. The summed E-state index contributed by atoms with van der Waals surface area (Å²) in [5, 5.41) is 9.63. The lowest BCUT2D eigenvalue weighted by molar-refractivity contribution is -0.155. The van der Waals surface area contributed by atoms with Gasteiger partial charge in [-0.05, 0) is 25.0 Å². The molecule has 1 unspecified atom stereocenters. The van der Waals surface area contributed by atoms with Crippen LogP contribution in [0.3, 0.4) is 0 Å². The van der Waals surface area contributed by atoms with E-state index in [1.165, 1.54) is 0 Å². The van der Waals surface area contributed by atoms with Crippen molar-refractivity contribution in [3.63, 3.8) is 0 Å². The molecule has 110 valence electrons. The fraction of sp³-hybridized carbons (Fsp3) is 0.600. The van der Waals surface area contributed by atoms with Gasteiger partial charge in [0.2, 0.25) is 0 Å². The first-order valence-electron chi connectivity index (χ1n) is 7.14. The second kappa shape index (κ2) is 5.50. The highest BCUT2D eigenvalue weighted by Gasteiger charge is 2.40. The lowest BCUT2D eigenvalue weighted by Gasteiger charge is -2.43. The van der Waals surface area contributed by atoms with Gasteiger partial charge in [-0.1, -0.05) is 6.07 Å². The van der Waals surface area contributed by atoms with Crippen LogP contribution in [0.2, 0.25) is 0 Å². The molecule has 2 aliphatic rings. The van der Waals surface area contributed by atoms with Gasteiger partial charge < -0.3 is 25.1 Å². The minimum Gasteiger partial charge on any atom is -0.506 e. The summed E-state index contributed by atoms with van der Waals surface area (Å²) < 4.78 is 17.4. The number of hydrogen-bond acceptors (Lipinski definition) is 5. The molecule has 2 saturated heterocycles. The Labute approximate surface area is 118 Å². The third-order valence-electron chi connectivity index (χ3n) is 4.19. The van der Waals surface area contributed by atoms with E-state index >= 15 is 0 Å². The number of aromatic hydroxyl groups is 1. The molecule has 0 aliphatic carbocycles. The molecule has 1 aromatic rings. The fourth-order valence-corrected chi connectivity index (χ4v) is 2.99. The van der Waals surface area contributed by atoms with Gasteiger partial charge in [-0.15, -0.1) is 0 Å². The Bertz CT molecular complexity index is 465. The molecule has 2 heterocycles. The second-order valence-electron chi connectivity index (χ2n) is 5.57. The zero-order chi connectivity index (χ0) is 14.0. The minimum absolute atomic E-state index is 0.0651. The van der Waals surface area contributed by atoms with Crippen molar-refractivity contribution in [1.82, 2.24) is 0 Å². The summed E-state index contributed by atoms with van der Waals surface area (Å²) in [6.07, 6.45) is 3.61. The standard InChI is InChI=1S/C15H21NO4/c16-14-12(17)2-1-3-13(14)20-11-4-7-19-15(10-11)5-8-18-9-6-15/h1-3,11,17H,4-10,16H2. The van der Waals surface area contributed by atoms with E-state index in [0.29, 0.717) is 18.0 Å². The number of rotatable bonds is 2. The van der Waals surface area contributed by atoms with Crippen LogP contribution >= 0.6 is 0 Å². The van der Waals surface area contributed by atoms with E-state index < -0.39 is 0 Å². The van der Waals surface area contributed by atoms with Crippen molar-refractivity contribution in [3.8, 4) is 11.5 Å². The highest BCUT2D eigenvalue weighted by Crippen LogP contribution is 2.37. The van der Waals surface area contributed by atoms with Crippen molar-refractivity contribution < 1.29 is 19.3 Å². The number of phenolic OH excluding ortho intramolecular Hbond substituents is 1. The summed E-state index contributed by atoms with van der Waals surface area (Å²) in [6.45, 7) is 2.20. The largest absolute Gasteiger partial charge is 0.506 e. The van der Waals surface area contributed by atoms with Crippen LogP contribution in [0.25, 0.3) is 0 Å². The van der Waals surface area contributed by atoms with E-state index in [9.17, 15) is 5.11 Å². The number of nitrogens with two attached hydrogens (primary N) is 1. The summed E-state index contributed by atoms with van der Waals surface area (Å²) in [4.78, 5) is 0. The van der Waals surface area contributed by atoms with Crippen molar-refractivity contribution in [2.24, 2.45) is 0 Å². The van der Waals surface area contributed by atoms with Crippen molar-refractivity contribution in [3.05, 3.63) is 18.2 Å². The fourth-order valence-electron chi connectivity index (χ4n) is 2.99. The van der Waals surface area contributed by atoms with Gasteiger partial charge in [0.1, 0.15) is 23.3 Å². The molecule has 5 heteroatoms. The van der Waals surface area contributed by atoms with Gasteiger partial charge >= 0.3 is 0 Å². The van der Waals surface area contributed by atoms with Gasteiger partial charge in [-0.2, -0.15) is 0 Å². The topological polar surface area (TPSA) is 73.9 Å². The molecule has 1 atom stereocenters. The quantitative estimate of drug-likeness (QED) is 0.640. The third kappa shape index (κ3) is 2.69. The second-order valence-corrected chi connectivity index (χ2v) is 5.57. The Hall–Kier alpha value is -1.46. The predicted molar refractivity (Wildman–Crippen MR) is 74.9 cm³/mol. The van der Waals surface area contributed by atoms with Crippen molar-refractivity contribution in [1.29, 1.82) is 0 Å². The van der Waals surface area contributed by atoms with E-state index in [2.05, 4.69) is 0 Å². The molecular formula is C15H21NO4. The number of phenols is 1. The van der Waals surface area contributed by atoms with E-state index in [1.54, 1.807) is 18.2 Å². The number of para-hydroxylation sites is 1. The summed E-state index contributed by atoms with van der Waals surface area (Å²) >= 11 is 0. The number of anilines is 1. The Morgan fingerprint density at radius 1 is 1.25 bits per heavy atom. The van der Waals surface area contributed by atoms with Crippen LogP contribution in [-0.4, -0.2) is 36.6 Å². The van der Waals surface area contributed by atoms with Crippen molar-refractivity contribution >= 4 is 5.69 Å². The first-order chi connectivity index (χ1) is 9.69. The molecular weight excluding hydrogens is 258 g/mol. The monoisotopic (exact) mass is 279 g/mol. The number of hydrogen-bond donors (Lipinski definition) is 2. The average molecular weight is 279 g/mol.